The van der Waals surface area contributed by atoms with Crippen LogP contribution < -0.4 is 0 Å². The lowest BCUT2D eigenvalue weighted by atomic mass is 9.85. The average Bonchev–Trinajstić information content (AvgIpc) is 2.77. The van der Waals surface area contributed by atoms with Crippen LogP contribution in [0.1, 0.15) is 36.0 Å². The van der Waals surface area contributed by atoms with Crippen molar-refractivity contribution in [3.63, 3.8) is 0 Å². The van der Waals surface area contributed by atoms with E-state index in [4.69, 9.17) is 9.84 Å². The van der Waals surface area contributed by atoms with Crippen LogP contribution in [-0.4, -0.2) is 37.5 Å². The molecule has 0 radical (unpaired) electrons. The Morgan fingerprint density at radius 3 is 3.00 bits per heavy atom. The number of nitrogens with zero attached hydrogens (tertiary/aromatic N) is 4. The maximum atomic E-state index is 10.3. The van der Waals surface area contributed by atoms with Gasteiger partial charge in [0.05, 0.1) is 0 Å². The second kappa shape index (κ2) is 4.62. The number of carboxylic acids is 1. The van der Waals surface area contributed by atoms with Gasteiger partial charge in [-0.05, 0) is 12.8 Å². The van der Waals surface area contributed by atoms with Crippen LogP contribution in [0.4, 0.5) is 0 Å². The summed E-state index contributed by atoms with van der Waals surface area (Å²) in [5.74, 6) is 0.403. The van der Waals surface area contributed by atoms with E-state index in [-0.39, 0.29) is 13.2 Å². The summed E-state index contributed by atoms with van der Waals surface area (Å²) in [6, 6.07) is 0. The lowest BCUT2D eigenvalue weighted by molar-refractivity contribution is -0.142. The fourth-order valence-corrected chi connectivity index (χ4v) is 2.65. The molecule has 96 valence electrons. The number of hydrogen-bond donors (Lipinski definition) is 1. The van der Waals surface area contributed by atoms with Crippen LogP contribution in [-0.2, 0) is 16.1 Å². The number of fused-ring (bicyclic) bond motifs is 1. The zero-order chi connectivity index (χ0) is 12.5. The zero-order valence-corrected chi connectivity index (χ0v) is 10.4. The van der Waals surface area contributed by atoms with E-state index in [9.17, 15) is 4.79 Å². The minimum atomic E-state index is -0.979. The summed E-state index contributed by atoms with van der Waals surface area (Å²) in [4.78, 5) is 11.1. The van der Waals surface area contributed by atoms with Gasteiger partial charge < -0.3 is 9.84 Å². The molecule has 0 unspecified atom stereocenters. The van der Waals surface area contributed by atoms with Gasteiger partial charge in [-0.25, -0.2) is 4.79 Å². The third-order valence-electron chi connectivity index (χ3n) is 2.98. The van der Waals surface area contributed by atoms with Crippen molar-refractivity contribution in [1.29, 1.82) is 0 Å². The summed E-state index contributed by atoms with van der Waals surface area (Å²) in [5, 5.41) is 21.8. The summed E-state index contributed by atoms with van der Waals surface area (Å²) in [5.41, 5.74) is 0. The van der Waals surface area contributed by atoms with Crippen molar-refractivity contribution >= 4 is 22.3 Å². The Kier molecular flexibility index (Phi) is 2.96. The summed E-state index contributed by atoms with van der Waals surface area (Å²) >= 11 is 1.38. The van der Waals surface area contributed by atoms with Crippen LogP contribution in [0.5, 0.6) is 0 Å². The molecule has 2 heterocycles. The van der Waals surface area contributed by atoms with E-state index < -0.39 is 5.97 Å². The second-order valence-electron chi connectivity index (χ2n) is 4.26. The van der Waals surface area contributed by atoms with E-state index in [0.29, 0.717) is 5.92 Å². The molecule has 1 saturated carbocycles. The molecule has 0 aromatic carbocycles. The van der Waals surface area contributed by atoms with Crippen molar-refractivity contribution in [3.8, 4) is 0 Å². The number of rotatable bonds is 5. The van der Waals surface area contributed by atoms with E-state index in [1.165, 1.54) is 17.8 Å². The minimum Gasteiger partial charge on any atom is -0.480 e. The average molecular weight is 268 g/mol. The first-order valence-electron chi connectivity index (χ1n) is 5.74. The molecule has 0 saturated heterocycles. The molecule has 1 fully saturated rings. The van der Waals surface area contributed by atoms with Gasteiger partial charge in [-0.2, -0.15) is 9.61 Å². The highest BCUT2D eigenvalue weighted by Crippen LogP contribution is 2.35. The van der Waals surface area contributed by atoms with Crippen LogP contribution in [0, 0.1) is 0 Å². The molecule has 1 aliphatic rings. The third-order valence-corrected chi connectivity index (χ3v) is 3.85. The van der Waals surface area contributed by atoms with Gasteiger partial charge in [-0.1, -0.05) is 17.8 Å². The number of aliphatic carboxylic acids is 1. The van der Waals surface area contributed by atoms with Crippen molar-refractivity contribution < 1.29 is 14.6 Å². The fraction of sp³-hybridized carbons (Fsp3) is 0.600. The maximum absolute atomic E-state index is 10.3. The van der Waals surface area contributed by atoms with Crippen LogP contribution in [0.25, 0.3) is 4.96 Å². The SMILES string of the molecule is O=C(O)COCc1nn2c(C3CCC3)nnc2s1. The molecule has 1 N–H and O–H groups in total. The Balaban J connectivity index is 1.74. The van der Waals surface area contributed by atoms with E-state index in [2.05, 4.69) is 15.3 Å². The first-order valence-corrected chi connectivity index (χ1v) is 6.56. The highest BCUT2D eigenvalue weighted by Gasteiger charge is 2.26. The first-order chi connectivity index (χ1) is 8.74. The van der Waals surface area contributed by atoms with Gasteiger partial charge in [-0.3, -0.25) is 0 Å². The van der Waals surface area contributed by atoms with Crippen molar-refractivity contribution in [3.05, 3.63) is 10.8 Å². The molecule has 0 spiro atoms. The summed E-state index contributed by atoms with van der Waals surface area (Å²) in [6.07, 6.45) is 3.52. The van der Waals surface area contributed by atoms with E-state index in [1.807, 2.05) is 0 Å². The standard InChI is InChI=1S/C10H12N4O3S/c15-8(16)5-17-4-7-13-14-9(6-2-1-3-6)11-12-10(14)18-7/h6H,1-5H2,(H,15,16). The highest BCUT2D eigenvalue weighted by atomic mass is 32.1. The molecule has 3 rings (SSSR count). The van der Waals surface area contributed by atoms with Gasteiger partial charge >= 0.3 is 5.97 Å². The van der Waals surface area contributed by atoms with Crippen LogP contribution in [0.15, 0.2) is 0 Å². The fourth-order valence-electron chi connectivity index (χ4n) is 1.88. The minimum absolute atomic E-state index is 0.199. The predicted molar refractivity (Wildman–Crippen MR) is 62.5 cm³/mol. The molecule has 7 nitrogen and oxygen atoms in total. The van der Waals surface area contributed by atoms with Crippen molar-refractivity contribution in [2.45, 2.75) is 31.8 Å². The predicted octanol–water partition coefficient (Wildman–Crippen LogP) is 1.05. The Labute approximate surface area is 106 Å². The van der Waals surface area contributed by atoms with Crippen LogP contribution in [0.2, 0.25) is 0 Å². The number of aromatic nitrogens is 4. The summed E-state index contributed by atoms with van der Waals surface area (Å²) in [7, 11) is 0. The lowest BCUT2D eigenvalue weighted by Crippen LogP contribution is -2.13. The molecule has 1 aliphatic carbocycles. The van der Waals surface area contributed by atoms with Crippen molar-refractivity contribution in [2.24, 2.45) is 0 Å². The molecule has 0 amide bonds. The quantitative estimate of drug-likeness (QED) is 0.872. The van der Waals surface area contributed by atoms with Gasteiger partial charge in [0, 0.05) is 5.92 Å². The van der Waals surface area contributed by atoms with Gasteiger partial charge in [0.2, 0.25) is 4.96 Å². The van der Waals surface area contributed by atoms with Crippen LogP contribution in [0.3, 0.4) is 0 Å². The summed E-state index contributed by atoms with van der Waals surface area (Å²) in [6.45, 7) is -0.111. The maximum Gasteiger partial charge on any atom is 0.329 e. The number of carbonyl (C=O) groups is 1. The molecule has 2 aromatic heterocycles. The smallest absolute Gasteiger partial charge is 0.329 e. The van der Waals surface area contributed by atoms with Gasteiger partial charge in [0.15, 0.2) is 5.82 Å². The summed E-state index contributed by atoms with van der Waals surface area (Å²) < 4.78 is 6.77. The van der Waals surface area contributed by atoms with Crippen LogP contribution >= 0.6 is 11.3 Å². The molecule has 18 heavy (non-hydrogen) atoms. The third kappa shape index (κ3) is 2.08. The molecule has 0 bridgehead atoms. The number of hydrogen-bond acceptors (Lipinski definition) is 6. The molecule has 0 aliphatic heterocycles. The van der Waals surface area contributed by atoms with Crippen molar-refractivity contribution in [2.75, 3.05) is 6.61 Å². The Morgan fingerprint density at radius 1 is 1.50 bits per heavy atom. The van der Waals surface area contributed by atoms with E-state index in [0.717, 1.165) is 28.6 Å². The Bertz CT molecular complexity index is 575. The molecule has 0 atom stereocenters. The Hall–Kier alpha value is -1.54. The second-order valence-corrected chi connectivity index (χ2v) is 5.30. The first kappa shape index (κ1) is 11.5. The lowest BCUT2D eigenvalue weighted by Gasteiger charge is -2.22. The number of carboxylic acid groups (broad SMARTS) is 1. The van der Waals surface area contributed by atoms with E-state index in [1.54, 1.807) is 4.52 Å². The zero-order valence-electron chi connectivity index (χ0n) is 9.57. The molecule has 8 heteroatoms. The largest absolute Gasteiger partial charge is 0.480 e. The normalized spacial score (nSPS) is 16.0. The van der Waals surface area contributed by atoms with Crippen molar-refractivity contribution in [1.82, 2.24) is 19.8 Å². The topological polar surface area (TPSA) is 89.6 Å². The van der Waals surface area contributed by atoms with Gasteiger partial charge in [0.1, 0.15) is 18.2 Å². The molecular weight excluding hydrogens is 256 g/mol. The van der Waals surface area contributed by atoms with Gasteiger partial charge in [0.25, 0.3) is 0 Å². The monoisotopic (exact) mass is 268 g/mol. The van der Waals surface area contributed by atoms with E-state index >= 15 is 0 Å². The van der Waals surface area contributed by atoms with Gasteiger partial charge in [-0.15, -0.1) is 10.2 Å². The molecule has 2 aromatic rings. The Morgan fingerprint density at radius 2 is 2.33 bits per heavy atom. The highest BCUT2D eigenvalue weighted by molar-refractivity contribution is 7.16. The number of ether oxygens (including phenoxy) is 1. The molecular formula is C10H12N4O3S.